The quantitative estimate of drug-likeness (QED) is 0.755. The third-order valence-corrected chi connectivity index (χ3v) is 3.60. The van der Waals surface area contributed by atoms with E-state index in [1.807, 2.05) is 23.1 Å². The lowest BCUT2D eigenvalue weighted by molar-refractivity contribution is -0.128. The predicted molar refractivity (Wildman–Crippen MR) is 83.6 cm³/mol. The molecule has 0 saturated heterocycles. The molecular weight excluding hydrogens is 266 g/mol. The third-order valence-electron chi connectivity index (χ3n) is 3.60. The highest BCUT2D eigenvalue weighted by Gasteiger charge is 2.33. The summed E-state index contributed by atoms with van der Waals surface area (Å²) in [6, 6.07) is 6.20. The van der Waals surface area contributed by atoms with E-state index in [-0.39, 0.29) is 11.9 Å². The van der Waals surface area contributed by atoms with Crippen LogP contribution < -0.4 is 9.47 Å². The van der Waals surface area contributed by atoms with Gasteiger partial charge in [-0.15, -0.1) is 0 Å². The summed E-state index contributed by atoms with van der Waals surface area (Å²) >= 11 is 0. The molecule has 1 aromatic rings. The Labute approximate surface area is 126 Å². The molecule has 4 heteroatoms. The Morgan fingerprint density at radius 1 is 1.29 bits per heavy atom. The third kappa shape index (κ3) is 3.78. The average molecular weight is 289 g/mol. The summed E-state index contributed by atoms with van der Waals surface area (Å²) in [6.07, 6.45) is 5.66. The van der Waals surface area contributed by atoms with Crippen LogP contribution in [0.4, 0.5) is 0 Å². The van der Waals surface area contributed by atoms with E-state index in [9.17, 15) is 4.79 Å². The van der Waals surface area contributed by atoms with Gasteiger partial charge in [0.15, 0.2) is 0 Å². The topological polar surface area (TPSA) is 38.8 Å². The van der Waals surface area contributed by atoms with Crippen molar-refractivity contribution in [2.45, 2.75) is 38.8 Å². The number of nitrogens with zero attached hydrogens (tertiary/aromatic N) is 1. The smallest absolute Gasteiger partial charge is 0.247 e. The molecule has 0 bridgehead atoms. The molecule has 1 fully saturated rings. The van der Waals surface area contributed by atoms with Gasteiger partial charge < -0.3 is 14.4 Å². The van der Waals surface area contributed by atoms with Crippen LogP contribution in [0.3, 0.4) is 0 Å². The molecule has 1 aliphatic rings. The molecule has 2 rings (SSSR count). The zero-order chi connectivity index (χ0) is 15.4. The molecule has 1 aromatic carbocycles. The summed E-state index contributed by atoms with van der Waals surface area (Å²) in [5.41, 5.74) is 0.867. The lowest BCUT2D eigenvalue weighted by Crippen LogP contribution is -2.37. The number of methoxy groups -OCH3 is 2. The van der Waals surface area contributed by atoms with Crippen LogP contribution in [0.1, 0.15) is 32.3 Å². The van der Waals surface area contributed by atoms with Gasteiger partial charge in [0.1, 0.15) is 11.5 Å². The van der Waals surface area contributed by atoms with Crippen molar-refractivity contribution in [1.29, 1.82) is 0 Å². The van der Waals surface area contributed by atoms with Gasteiger partial charge in [0, 0.05) is 29.8 Å². The van der Waals surface area contributed by atoms with Crippen molar-refractivity contribution >= 4 is 12.0 Å². The Bertz CT molecular complexity index is 531. The number of hydrogen-bond acceptors (Lipinski definition) is 3. The summed E-state index contributed by atoms with van der Waals surface area (Å²) in [6.45, 7) is 4.11. The van der Waals surface area contributed by atoms with Gasteiger partial charge >= 0.3 is 0 Å². The second-order valence-corrected chi connectivity index (χ2v) is 5.51. The van der Waals surface area contributed by atoms with E-state index in [1.54, 1.807) is 26.4 Å². The molecule has 0 atom stereocenters. The highest BCUT2D eigenvalue weighted by Crippen LogP contribution is 2.29. The maximum atomic E-state index is 12.3. The SMILES string of the molecule is COc1ccc(/C=C/C(=O)N(C(C)C)C2CC2)c(OC)c1. The van der Waals surface area contributed by atoms with Gasteiger partial charge in [0.2, 0.25) is 5.91 Å². The summed E-state index contributed by atoms with van der Waals surface area (Å²) < 4.78 is 10.5. The van der Waals surface area contributed by atoms with Crippen molar-refractivity contribution in [2.75, 3.05) is 14.2 Å². The number of ether oxygens (including phenoxy) is 2. The minimum absolute atomic E-state index is 0.0605. The van der Waals surface area contributed by atoms with Crippen LogP contribution in [-0.2, 0) is 4.79 Å². The minimum atomic E-state index is 0.0605. The van der Waals surface area contributed by atoms with E-state index in [4.69, 9.17) is 9.47 Å². The lowest BCUT2D eigenvalue weighted by Gasteiger charge is -2.25. The number of benzene rings is 1. The molecule has 4 nitrogen and oxygen atoms in total. The second-order valence-electron chi connectivity index (χ2n) is 5.51. The fourth-order valence-electron chi connectivity index (χ4n) is 2.41. The molecule has 0 radical (unpaired) electrons. The highest BCUT2D eigenvalue weighted by atomic mass is 16.5. The molecule has 1 aliphatic carbocycles. The first kappa shape index (κ1) is 15.4. The zero-order valence-electron chi connectivity index (χ0n) is 13.1. The molecule has 0 heterocycles. The molecule has 21 heavy (non-hydrogen) atoms. The van der Waals surface area contributed by atoms with Crippen molar-refractivity contribution in [1.82, 2.24) is 4.90 Å². The van der Waals surface area contributed by atoms with Crippen LogP contribution in [0.2, 0.25) is 0 Å². The standard InChI is InChI=1S/C17H23NO3/c1-12(2)18(14-7-8-14)17(19)10-6-13-5-9-15(20-3)11-16(13)21-4/h5-6,9-12,14H,7-8H2,1-4H3/b10-6+. The monoisotopic (exact) mass is 289 g/mol. The number of carbonyl (C=O) groups excluding carboxylic acids is 1. The number of rotatable bonds is 6. The minimum Gasteiger partial charge on any atom is -0.497 e. The Morgan fingerprint density at radius 3 is 2.52 bits per heavy atom. The molecule has 114 valence electrons. The van der Waals surface area contributed by atoms with E-state index < -0.39 is 0 Å². The lowest BCUT2D eigenvalue weighted by atomic mass is 10.1. The zero-order valence-corrected chi connectivity index (χ0v) is 13.1. The first-order valence-corrected chi connectivity index (χ1v) is 7.29. The Balaban J connectivity index is 2.14. The van der Waals surface area contributed by atoms with Crippen molar-refractivity contribution in [2.24, 2.45) is 0 Å². The first-order chi connectivity index (χ1) is 10.1. The molecule has 0 aliphatic heterocycles. The number of carbonyl (C=O) groups is 1. The Kier molecular flexibility index (Phi) is 4.89. The van der Waals surface area contributed by atoms with Crippen molar-refractivity contribution < 1.29 is 14.3 Å². The van der Waals surface area contributed by atoms with Gasteiger partial charge in [-0.2, -0.15) is 0 Å². The van der Waals surface area contributed by atoms with Gasteiger partial charge in [-0.05, 0) is 44.9 Å². The maximum Gasteiger partial charge on any atom is 0.247 e. The molecule has 0 spiro atoms. The second kappa shape index (κ2) is 6.66. The van der Waals surface area contributed by atoms with Gasteiger partial charge in [-0.1, -0.05) is 0 Å². The number of amides is 1. The summed E-state index contributed by atoms with van der Waals surface area (Å²) in [5.74, 6) is 1.49. The molecule has 0 aromatic heterocycles. The van der Waals surface area contributed by atoms with Crippen LogP contribution in [0.25, 0.3) is 6.08 Å². The highest BCUT2D eigenvalue weighted by molar-refractivity contribution is 5.92. The van der Waals surface area contributed by atoms with E-state index in [1.165, 1.54) is 0 Å². The molecule has 0 N–H and O–H groups in total. The van der Waals surface area contributed by atoms with Crippen LogP contribution in [0.15, 0.2) is 24.3 Å². The van der Waals surface area contributed by atoms with Crippen molar-refractivity contribution in [3.8, 4) is 11.5 Å². The number of hydrogen-bond donors (Lipinski definition) is 0. The first-order valence-electron chi connectivity index (χ1n) is 7.29. The van der Waals surface area contributed by atoms with Crippen LogP contribution >= 0.6 is 0 Å². The summed E-state index contributed by atoms with van der Waals surface area (Å²) in [7, 11) is 3.22. The average Bonchev–Trinajstić information content (AvgIpc) is 3.29. The Morgan fingerprint density at radius 2 is 2.00 bits per heavy atom. The summed E-state index contributed by atoms with van der Waals surface area (Å²) in [4.78, 5) is 14.3. The molecule has 1 saturated carbocycles. The van der Waals surface area contributed by atoms with Gasteiger partial charge in [0.05, 0.1) is 14.2 Å². The van der Waals surface area contributed by atoms with Crippen molar-refractivity contribution in [3.63, 3.8) is 0 Å². The van der Waals surface area contributed by atoms with Gasteiger partial charge in [-0.25, -0.2) is 0 Å². The van der Waals surface area contributed by atoms with Crippen LogP contribution in [-0.4, -0.2) is 37.1 Å². The molecule has 0 unspecified atom stereocenters. The molecular formula is C17H23NO3. The van der Waals surface area contributed by atoms with E-state index >= 15 is 0 Å². The van der Waals surface area contributed by atoms with E-state index in [0.29, 0.717) is 11.8 Å². The fourth-order valence-corrected chi connectivity index (χ4v) is 2.41. The van der Waals surface area contributed by atoms with E-state index in [2.05, 4.69) is 13.8 Å². The fraction of sp³-hybridized carbons (Fsp3) is 0.471. The summed E-state index contributed by atoms with van der Waals surface area (Å²) in [5, 5.41) is 0. The van der Waals surface area contributed by atoms with Crippen LogP contribution in [0.5, 0.6) is 11.5 Å². The Hall–Kier alpha value is -1.97. The van der Waals surface area contributed by atoms with Gasteiger partial charge in [0.25, 0.3) is 0 Å². The predicted octanol–water partition coefficient (Wildman–Crippen LogP) is 3.12. The maximum absolute atomic E-state index is 12.3. The normalized spacial score (nSPS) is 14.5. The largest absolute Gasteiger partial charge is 0.497 e. The van der Waals surface area contributed by atoms with Crippen molar-refractivity contribution in [3.05, 3.63) is 29.8 Å². The van der Waals surface area contributed by atoms with Gasteiger partial charge in [-0.3, -0.25) is 4.79 Å². The molecule has 1 amide bonds. The van der Waals surface area contributed by atoms with Crippen LogP contribution in [0, 0.1) is 0 Å². The van der Waals surface area contributed by atoms with E-state index in [0.717, 1.165) is 24.2 Å².